The Bertz CT molecular complexity index is 828. The van der Waals surface area contributed by atoms with E-state index in [-0.39, 0.29) is 12.5 Å². The third-order valence-corrected chi connectivity index (χ3v) is 4.89. The zero-order valence-electron chi connectivity index (χ0n) is 19.9. The van der Waals surface area contributed by atoms with Crippen molar-refractivity contribution in [1.82, 2.24) is 4.72 Å². The van der Waals surface area contributed by atoms with E-state index in [1.165, 1.54) is 30.4 Å². The molecule has 0 radical (unpaired) electrons. The van der Waals surface area contributed by atoms with Gasteiger partial charge in [-0.05, 0) is 66.8 Å². The van der Waals surface area contributed by atoms with Crippen LogP contribution in [0.1, 0.15) is 38.2 Å². The first-order valence-electron chi connectivity index (χ1n) is 11.2. The van der Waals surface area contributed by atoms with Crippen molar-refractivity contribution in [1.29, 1.82) is 0 Å². The quantitative estimate of drug-likeness (QED) is 0.0957. The highest BCUT2D eigenvalue weighted by Crippen LogP contribution is 2.19. The molecule has 0 aromatic heterocycles. The van der Waals surface area contributed by atoms with E-state index in [9.17, 15) is 4.79 Å². The molecule has 9 nitrogen and oxygen atoms in total. The average molecular weight is 493 g/mol. The Hall–Kier alpha value is -3.11. The predicted octanol–water partition coefficient (Wildman–Crippen LogP) is 3.91. The fourth-order valence-corrected chi connectivity index (χ4v) is 3.03. The number of benzene rings is 2. The topological polar surface area (TPSA) is 141 Å². The summed E-state index contributed by atoms with van der Waals surface area (Å²) in [5, 5.41) is 11.9. The molecular formula is C24H36N4O5S. The van der Waals surface area contributed by atoms with Gasteiger partial charge in [-0.25, -0.2) is 4.72 Å². The largest absolute Gasteiger partial charge is 0.494 e. The number of aryl methyl sites for hydroxylation is 1. The maximum atomic E-state index is 10.3. The summed E-state index contributed by atoms with van der Waals surface area (Å²) < 4.78 is 13.8. The summed E-state index contributed by atoms with van der Waals surface area (Å²) in [6.45, 7) is 5.90. The van der Waals surface area contributed by atoms with Crippen LogP contribution in [0.3, 0.4) is 0 Å². The minimum atomic E-state index is -0.863. The number of nitrogens with zero attached hydrogens (tertiary/aromatic N) is 1. The molecule has 0 aliphatic rings. The number of ether oxygens (including phenoxy) is 2. The van der Waals surface area contributed by atoms with Crippen LogP contribution in [0, 0.1) is 6.92 Å². The van der Waals surface area contributed by atoms with Crippen LogP contribution >= 0.6 is 11.9 Å². The number of nitrogens with one attached hydrogen (secondary N) is 1. The lowest BCUT2D eigenvalue weighted by atomic mass is 10.2. The number of aliphatic carboxylic acids is 1. The first-order chi connectivity index (χ1) is 16.4. The Morgan fingerprint density at radius 3 is 2.09 bits per heavy atom. The fraction of sp³-hybridized carbons (Fsp3) is 0.417. The number of hydrogen-bond donors (Lipinski definition) is 4. The highest BCUT2D eigenvalue weighted by atomic mass is 32.2. The third-order valence-electron chi connectivity index (χ3n) is 4.09. The van der Waals surface area contributed by atoms with Gasteiger partial charge >= 0.3 is 5.97 Å². The number of guanidine groups is 1. The summed E-state index contributed by atoms with van der Waals surface area (Å²) in [5.41, 5.74) is 11.4. The van der Waals surface area contributed by atoms with Crippen LogP contribution in [0.25, 0.3) is 0 Å². The lowest BCUT2D eigenvalue weighted by molar-refractivity contribution is -0.135. The van der Waals surface area contributed by atoms with Gasteiger partial charge in [-0.1, -0.05) is 37.5 Å². The fourth-order valence-electron chi connectivity index (χ4n) is 2.40. The van der Waals surface area contributed by atoms with Crippen LogP contribution in [0.4, 0.5) is 0 Å². The maximum absolute atomic E-state index is 10.3. The first kappa shape index (κ1) is 28.9. The van der Waals surface area contributed by atoms with Crippen molar-refractivity contribution in [2.45, 2.75) is 44.4 Å². The molecule has 2 aromatic carbocycles. The summed E-state index contributed by atoms with van der Waals surface area (Å²) in [6, 6.07) is 15.5. The molecule has 0 bridgehead atoms. The second-order valence-corrected chi connectivity index (χ2v) is 8.17. The molecule has 10 heteroatoms. The zero-order chi connectivity index (χ0) is 25.0. The van der Waals surface area contributed by atoms with Gasteiger partial charge in [-0.2, -0.15) is 0 Å². The molecule has 0 saturated carbocycles. The highest BCUT2D eigenvalue weighted by molar-refractivity contribution is 7.97. The van der Waals surface area contributed by atoms with Crippen LogP contribution in [-0.2, 0) is 9.63 Å². The number of carboxylic acids is 1. The van der Waals surface area contributed by atoms with E-state index in [0.717, 1.165) is 35.8 Å². The van der Waals surface area contributed by atoms with E-state index in [1.807, 2.05) is 55.5 Å². The summed E-state index contributed by atoms with van der Waals surface area (Å²) in [5.74, 6) is 0.777. The molecule has 0 unspecified atom stereocenters. The third kappa shape index (κ3) is 15.7. The van der Waals surface area contributed by atoms with Crippen molar-refractivity contribution in [3.05, 3.63) is 54.1 Å². The standard InChI is InChI=1S/C13H19NO3S.C11H17N3O2/c1-2-3-4-9-17-11-5-7-12(8-6-11)18-14-10-13(15)16;1-9-3-5-10(6-4-9)15-7-2-8-16-14-11(12)13/h5-8,14H,2-4,9-10H2,1H3,(H,15,16);3-6H,2,7-8H2,1H3,(H4,12,13,14). The molecule has 2 aromatic rings. The summed E-state index contributed by atoms with van der Waals surface area (Å²) in [7, 11) is 0. The van der Waals surface area contributed by atoms with Gasteiger partial charge in [0.05, 0.1) is 13.2 Å². The van der Waals surface area contributed by atoms with E-state index < -0.39 is 5.97 Å². The Labute approximate surface area is 206 Å². The van der Waals surface area contributed by atoms with Crippen molar-refractivity contribution in [2.24, 2.45) is 16.6 Å². The summed E-state index contributed by atoms with van der Waals surface area (Å²) >= 11 is 1.30. The van der Waals surface area contributed by atoms with Gasteiger partial charge in [0, 0.05) is 11.3 Å². The van der Waals surface area contributed by atoms with Gasteiger partial charge < -0.3 is 30.9 Å². The Kier molecular flexibility index (Phi) is 15.6. The molecule has 0 aliphatic heterocycles. The first-order valence-corrected chi connectivity index (χ1v) is 12.0. The SMILES string of the molecule is CCCCCOc1ccc(SNCC(=O)O)cc1.Cc1ccc(OCCCON=C(N)N)cc1. The van der Waals surface area contributed by atoms with E-state index in [4.69, 9.17) is 30.9 Å². The molecule has 0 heterocycles. The molecule has 0 amide bonds. The number of carbonyl (C=O) groups is 1. The van der Waals surface area contributed by atoms with Gasteiger partial charge in [-0.15, -0.1) is 0 Å². The maximum Gasteiger partial charge on any atom is 0.318 e. The van der Waals surface area contributed by atoms with Crippen molar-refractivity contribution < 1.29 is 24.2 Å². The lowest BCUT2D eigenvalue weighted by Crippen LogP contribution is -2.23. The van der Waals surface area contributed by atoms with Crippen LogP contribution in [-0.4, -0.2) is 43.4 Å². The molecule has 0 spiro atoms. The minimum Gasteiger partial charge on any atom is -0.494 e. The van der Waals surface area contributed by atoms with Crippen LogP contribution in [0.2, 0.25) is 0 Å². The van der Waals surface area contributed by atoms with Gasteiger partial charge in [0.15, 0.2) is 0 Å². The molecule has 0 aliphatic carbocycles. The molecule has 0 saturated heterocycles. The summed E-state index contributed by atoms with van der Waals surface area (Å²) in [4.78, 5) is 16.1. The van der Waals surface area contributed by atoms with Crippen LogP contribution < -0.4 is 25.7 Å². The smallest absolute Gasteiger partial charge is 0.318 e. The normalized spacial score (nSPS) is 9.94. The Balaban J connectivity index is 0.000000342. The number of unbranched alkanes of at least 4 members (excludes halogenated alkanes) is 2. The summed E-state index contributed by atoms with van der Waals surface area (Å²) in [6.07, 6.45) is 4.18. The van der Waals surface area contributed by atoms with E-state index in [1.54, 1.807) is 0 Å². The Morgan fingerprint density at radius 1 is 0.941 bits per heavy atom. The number of rotatable bonds is 15. The molecule has 2 rings (SSSR count). The number of oxime groups is 1. The van der Waals surface area contributed by atoms with E-state index >= 15 is 0 Å². The monoisotopic (exact) mass is 492 g/mol. The highest BCUT2D eigenvalue weighted by Gasteiger charge is 1.99. The zero-order valence-corrected chi connectivity index (χ0v) is 20.7. The molecule has 0 fully saturated rings. The van der Waals surface area contributed by atoms with Crippen LogP contribution in [0.15, 0.2) is 58.6 Å². The number of nitrogens with two attached hydrogens (primary N) is 2. The van der Waals surface area contributed by atoms with Gasteiger partial charge in [0.1, 0.15) is 24.7 Å². The molecule has 34 heavy (non-hydrogen) atoms. The van der Waals surface area contributed by atoms with Gasteiger partial charge in [0.25, 0.3) is 0 Å². The number of hydrogen-bond acceptors (Lipinski definition) is 7. The van der Waals surface area contributed by atoms with Crippen molar-refractivity contribution in [2.75, 3.05) is 26.4 Å². The average Bonchev–Trinajstić information content (AvgIpc) is 2.81. The van der Waals surface area contributed by atoms with Crippen LogP contribution in [0.5, 0.6) is 11.5 Å². The molecule has 0 atom stereocenters. The second-order valence-electron chi connectivity index (χ2n) is 7.21. The van der Waals surface area contributed by atoms with Crippen molar-refractivity contribution in [3.63, 3.8) is 0 Å². The van der Waals surface area contributed by atoms with E-state index in [2.05, 4.69) is 16.8 Å². The minimum absolute atomic E-state index is 0.0556. The van der Waals surface area contributed by atoms with Crippen molar-refractivity contribution >= 4 is 23.9 Å². The van der Waals surface area contributed by atoms with Gasteiger partial charge in [-0.3, -0.25) is 4.79 Å². The van der Waals surface area contributed by atoms with E-state index in [0.29, 0.717) is 13.2 Å². The Morgan fingerprint density at radius 2 is 1.53 bits per heavy atom. The lowest BCUT2D eigenvalue weighted by Gasteiger charge is -2.06. The molecular weight excluding hydrogens is 456 g/mol. The number of carboxylic acid groups (broad SMARTS) is 1. The van der Waals surface area contributed by atoms with Gasteiger partial charge in [0.2, 0.25) is 5.96 Å². The predicted molar refractivity (Wildman–Crippen MR) is 136 cm³/mol. The molecule has 6 N–H and O–H groups in total. The second kappa shape index (κ2) is 18.3. The van der Waals surface area contributed by atoms with Crippen molar-refractivity contribution in [3.8, 4) is 11.5 Å². The molecule has 188 valence electrons.